The van der Waals surface area contributed by atoms with Crippen molar-refractivity contribution < 1.29 is 24.2 Å². The molecule has 1 aromatic rings. The van der Waals surface area contributed by atoms with Crippen LogP contribution in [-0.2, 0) is 19.1 Å². The van der Waals surface area contributed by atoms with E-state index in [0.29, 0.717) is 57.8 Å². The smallest absolute Gasteiger partial charge is 0.352 e. The van der Waals surface area contributed by atoms with Crippen LogP contribution in [0.25, 0.3) is 0 Å². The minimum absolute atomic E-state index is 0.0353. The molecular formula is C16H19N5O5S4. The third-order valence-electron chi connectivity index (χ3n) is 4.73. The SMILES string of the molecule is NC1C(=O)N2C(C(=O)O)=C(CSc3nnc(SCC(=O)N4CCOCC4)s3)CS[C@H]12. The Balaban J connectivity index is 1.33. The zero-order valence-electron chi connectivity index (χ0n) is 15.7. The van der Waals surface area contributed by atoms with Gasteiger partial charge in [0.15, 0.2) is 8.68 Å². The van der Waals surface area contributed by atoms with Gasteiger partial charge in [0.25, 0.3) is 0 Å². The van der Waals surface area contributed by atoms with Crippen molar-refractivity contribution in [3.05, 3.63) is 11.3 Å². The summed E-state index contributed by atoms with van der Waals surface area (Å²) in [6, 6.07) is -0.638. The first kappa shape index (κ1) is 21.9. The summed E-state index contributed by atoms with van der Waals surface area (Å²) >= 11 is 5.56. The number of thioether (sulfide) groups is 3. The van der Waals surface area contributed by atoms with E-state index in [2.05, 4.69) is 10.2 Å². The van der Waals surface area contributed by atoms with Crippen LogP contribution in [0.5, 0.6) is 0 Å². The molecule has 0 aromatic carbocycles. The van der Waals surface area contributed by atoms with Crippen LogP contribution in [0.4, 0.5) is 0 Å². The number of carbonyl (C=O) groups is 3. The lowest BCUT2D eigenvalue weighted by atomic mass is 10.0. The fourth-order valence-electron chi connectivity index (χ4n) is 3.18. The molecule has 0 spiro atoms. The summed E-state index contributed by atoms with van der Waals surface area (Å²) in [6.07, 6.45) is 0. The number of aliphatic carboxylic acids is 1. The lowest BCUT2D eigenvalue weighted by Crippen LogP contribution is -2.68. The number of aromatic nitrogens is 2. The summed E-state index contributed by atoms with van der Waals surface area (Å²) in [5, 5.41) is 17.5. The number of carboxylic acid groups (broad SMARTS) is 1. The largest absolute Gasteiger partial charge is 0.477 e. The minimum atomic E-state index is -1.12. The molecule has 2 saturated heterocycles. The number of hydrogen-bond donors (Lipinski definition) is 2. The average Bonchev–Trinajstić information content (AvgIpc) is 3.23. The van der Waals surface area contributed by atoms with Gasteiger partial charge in [0.05, 0.1) is 19.0 Å². The fraction of sp³-hybridized carbons (Fsp3) is 0.562. The Morgan fingerprint density at radius 2 is 1.93 bits per heavy atom. The molecule has 1 aromatic heterocycles. The minimum Gasteiger partial charge on any atom is -0.477 e. The Hall–Kier alpha value is -1.32. The van der Waals surface area contributed by atoms with Gasteiger partial charge in [-0.2, -0.15) is 0 Å². The second-order valence-corrected chi connectivity index (χ2v) is 11.1. The van der Waals surface area contributed by atoms with Gasteiger partial charge in [0.2, 0.25) is 11.8 Å². The summed E-state index contributed by atoms with van der Waals surface area (Å²) in [6.45, 7) is 2.36. The van der Waals surface area contributed by atoms with Crippen LogP contribution in [0.3, 0.4) is 0 Å². The van der Waals surface area contributed by atoms with E-state index in [4.69, 9.17) is 10.5 Å². The van der Waals surface area contributed by atoms with Gasteiger partial charge < -0.3 is 20.5 Å². The number of fused-ring (bicyclic) bond motifs is 1. The van der Waals surface area contributed by atoms with Gasteiger partial charge in [0.1, 0.15) is 17.1 Å². The number of amides is 2. The van der Waals surface area contributed by atoms with Crippen molar-refractivity contribution in [2.24, 2.45) is 5.73 Å². The van der Waals surface area contributed by atoms with Gasteiger partial charge in [-0.3, -0.25) is 14.5 Å². The molecule has 0 bridgehead atoms. The summed E-state index contributed by atoms with van der Waals surface area (Å²) in [7, 11) is 0. The number of morpholine rings is 1. The number of hydrogen-bond acceptors (Lipinski definition) is 11. The van der Waals surface area contributed by atoms with Crippen LogP contribution in [-0.4, -0.2) is 97.9 Å². The predicted molar refractivity (Wildman–Crippen MR) is 114 cm³/mol. The van der Waals surface area contributed by atoms with Gasteiger partial charge in [-0.1, -0.05) is 34.9 Å². The van der Waals surface area contributed by atoms with Gasteiger partial charge in [-0.15, -0.1) is 22.0 Å². The van der Waals surface area contributed by atoms with E-state index < -0.39 is 12.0 Å². The number of β-lactam (4-membered cyclic amide) rings is 1. The van der Waals surface area contributed by atoms with E-state index in [-0.39, 0.29) is 22.9 Å². The molecule has 14 heteroatoms. The molecule has 3 aliphatic heterocycles. The monoisotopic (exact) mass is 489 g/mol. The summed E-state index contributed by atoms with van der Waals surface area (Å²) in [4.78, 5) is 39.0. The molecule has 30 heavy (non-hydrogen) atoms. The van der Waals surface area contributed by atoms with E-state index in [1.807, 2.05) is 0 Å². The molecule has 0 saturated carbocycles. The second kappa shape index (κ2) is 9.44. The standard InChI is InChI=1S/C16H19N5O5S4/c17-10-12(23)21-11(14(24)25)8(5-27-13(10)21)6-28-15-18-19-16(30-15)29-7-9(22)20-1-3-26-4-2-20/h10,13H,1-7,17H2,(H,24,25)/t10?,13-/m1/s1. The zero-order valence-corrected chi connectivity index (χ0v) is 18.9. The summed E-state index contributed by atoms with van der Waals surface area (Å²) < 4.78 is 6.62. The maximum absolute atomic E-state index is 12.2. The highest BCUT2D eigenvalue weighted by Gasteiger charge is 2.51. The van der Waals surface area contributed by atoms with Crippen molar-refractivity contribution in [1.82, 2.24) is 20.0 Å². The second-order valence-electron chi connectivity index (χ2n) is 6.60. The third-order valence-corrected chi connectivity index (χ3v) is 9.35. The first-order valence-corrected chi connectivity index (χ1v) is 12.9. The molecule has 1 unspecified atom stereocenters. The van der Waals surface area contributed by atoms with Crippen LogP contribution in [0.2, 0.25) is 0 Å². The lowest BCUT2D eigenvalue weighted by Gasteiger charge is -2.48. The summed E-state index contributed by atoms with van der Waals surface area (Å²) in [5.74, 6) is -0.228. The number of rotatable bonds is 7. The van der Waals surface area contributed by atoms with E-state index in [1.165, 1.54) is 51.5 Å². The van der Waals surface area contributed by atoms with E-state index in [0.717, 1.165) is 0 Å². The number of nitrogens with two attached hydrogens (primary N) is 1. The van der Waals surface area contributed by atoms with Crippen LogP contribution < -0.4 is 5.73 Å². The third kappa shape index (κ3) is 4.48. The zero-order chi connectivity index (χ0) is 21.3. The Morgan fingerprint density at radius 3 is 2.63 bits per heavy atom. The van der Waals surface area contributed by atoms with E-state index in [9.17, 15) is 19.5 Å². The van der Waals surface area contributed by atoms with E-state index >= 15 is 0 Å². The molecule has 4 rings (SSSR count). The molecule has 4 heterocycles. The highest BCUT2D eigenvalue weighted by atomic mass is 32.2. The fourth-order valence-corrected chi connectivity index (χ4v) is 7.54. The molecule has 2 fully saturated rings. The topological polar surface area (TPSA) is 139 Å². The molecule has 10 nitrogen and oxygen atoms in total. The van der Waals surface area contributed by atoms with Crippen molar-refractivity contribution in [3.8, 4) is 0 Å². The first-order chi connectivity index (χ1) is 14.5. The lowest BCUT2D eigenvalue weighted by molar-refractivity contribution is -0.147. The first-order valence-electron chi connectivity index (χ1n) is 9.06. The van der Waals surface area contributed by atoms with Crippen LogP contribution >= 0.6 is 46.6 Å². The van der Waals surface area contributed by atoms with Gasteiger partial charge in [-0.05, 0) is 5.57 Å². The Morgan fingerprint density at radius 1 is 1.23 bits per heavy atom. The Bertz CT molecular complexity index is 887. The molecule has 2 atom stereocenters. The highest BCUT2D eigenvalue weighted by molar-refractivity contribution is 8.03. The number of carboxylic acids is 1. The van der Waals surface area contributed by atoms with Crippen molar-refractivity contribution in [3.63, 3.8) is 0 Å². The summed E-state index contributed by atoms with van der Waals surface area (Å²) in [5.41, 5.74) is 6.47. The van der Waals surface area contributed by atoms with Gasteiger partial charge in [0, 0.05) is 24.6 Å². The molecule has 2 amide bonds. The van der Waals surface area contributed by atoms with Crippen molar-refractivity contribution in [2.45, 2.75) is 20.1 Å². The molecular weight excluding hydrogens is 470 g/mol. The van der Waals surface area contributed by atoms with Crippen molar-refractivity contribution in [2.75, 3.05) is 43.6 Å². The highest BCUT2D eigenvalue weighted by Crippen LogP contribution is 2.41. The van der Waals surface area contributed by atoms with Crippen LogP contribution in [0.1, 0.15) is 0 Å². The van der Waals surface area contributed by atoms with Gasteiger partial charge >= 0.3 is 5.97 Å². The maximum Gasteiger partial charge on any atom is 0.352 e. The van der Waals surface area contributed by atoms with E-state index in [1.54, 1.807) is 4.90 Å². The van der Waals surface area contributed by atoms with Gasteiger partial charge in [-0.25, -0.2) is 4.79 Å². The molecule has 0 aliphatic carbocycles. The van der Waals surface area contributed by atoms with Crippen molar-refractivity contribution in [1.29, 1.82) is 0 Å². The quantitative estimate of drug-likeness (QED) is 0.400. The van der Waals surface area contributed by atoms with Crippen molar-refractivity contribution >= 4 is 64.4 Å². The van der Waals surface area contributed by atoms with Crippen LogP contribution in [0, 0.1) is 0 Å². The Labute approximate surface area is 189 Å². The normalized spacial score (nSPS) is 24.0. The molecule has 3 N–H and O–H groups in total. The maximum atomic E-state index is 12.2. The molecule has 3 aliphatic rings. The average molecular weight is 490 g/mol. The molecule has 162 valence electrons. The molecule has 0 radical (unpaired) electrons. The Kier molecular flexibility index (Phi) is 6.89. The number of ether oxygens (including phenoxy) is 1. The number of nitrogens with zero attached hydrogens (tertiary/aromatic N) is 4. The predicted octanol–water partition coefficient (Wildman–Crippen LogP) is 0.162. The number of carbonyl (C=O) groups excluding carboxylic acids is 2. The van der Waals surface area contributed by atoms with Crippen LogP contribution in [0.15, 0.2) is 19.9 Å².